The van der Waals surface area contributed by atoms with E-state index < -0.39 is 30.2 Å². The van der Waals surface area contributed by atoms with Crippen LogP contribution in [0.5, 0.6) is 5.88 Å². The number of aromatic nitrogens is 3. The molecular formula is C19H17F3N4O4. The number of esters is 1. The molecule has 0 aliphatic carbocycles. The molecule has 158 valence electrons. The quantitative estimate of drug-likeness (QED) is 0.635. The summed E-state index contributed by atoms with van der Waals surface area (Å²) in [4.78, 5) is 28.0. The van der Waals surface area contributed by atoms with Crippen LogP contribution in [0.15, 0.2) is 30.3 Å². The first-order valence-corrected chi connectivity index (χ1v) is 8.63. The summed E-state index contributed by atoms with van der Waals surface area (Å²) in [7, 11) is 2.66. The minimum Gasteiger partial charge on any atom is -0.467 e. The summed E-state index contributed by atoms with van der Waals surface area (Å²) < 4.78 is 51.5. The number of amides is 1. The van der Waals surface area contributed by atoms with Crippen LogP contribution in [0.25, 0.3) is 11.0 Å². The topological polar surface area (TPSA) is 95.3 Å². The Bertz CT molecular complexity index is 1120. The van der Waals surface area contributed by atoms with Gasteiger partial charge in [-0.05, 0) is 19.1 Å². The highest BCUT2D eigenvalue weighted by atomic mass is 19.4. The SMILES string of the molecule is COC(=O)c1ccccc1NC(=O)COc1cc(C(F)(F)F)c2c(C)nn(C)c2n1. The summed E-state index contributed by atoms with van der Waals surface area (Å²) in [5.41, 5.74) is -0.494. The van der Waals surface area contributed by atoms with Gasteiger partial charge in [0.1, 0.15) is 0 Å². The number of methoxy groups -OCH3 is 1. The van der Waals surface area contributed by atoms with Crippen molar-refractivity contribution in [2.45, 2.75) is 13.1 Å². The highest BCUT2D eigenvalue weighted by molar-refractivity contribution is 6.01. The Labute approximate surface area is 168 Å². The number of hydrogen-bond donors (Lipinski definition) is 1. The number of nitrogens with zero attached hydrogens (tertiary/aromatic N) is 3. The summed E-state index contributed by atoms with van der Waals surface area (Å²) in [6, 6.07) is 6.85. The lowest BCUT2D eigenvalue weighted by atomic mass is 10.1. The van der Waals surface area contributed by atoms with Gasteiger partial charge < -0.3 is 14.8 Å². The smallest absolute Gasteiger partial charge is 0.417 e. The molecule has 0 radical (unpaired) electrons. The van der Waals surface area contributed by atoms with E-state index in [1.807, 2.05) is 0 Å². The van der Waals surface area contributed by atoms with Crippen molar-refractivity contribution in [3.8, 4) is 5.88 Å². The first kappa shape index (κ1) is 21.1. The molecule has 0 aliphatic heterocycles. The molecule has 0 bridgehead atoms. The number of nitrogens with one attached hydrogen (secondary N) is 1. The number of halogens is 3. The Morgan fingerprint density at radius 2 is 1.93 bits per heavy atom. The minimum absolute atomic E-state index is 0.0197. The maximum atomic E-state index is 13.5. The van der Waals surface area contributed by atoms with Crippen molar-refractivity contribution in [2.75, 3.05) is 19.0 Å². The third kappa shape index (κ3) is 4.19. The number of rotatable bonds is 5. The van der Waals surface area contributed by atoms with Crippen LogP contribution in [0.3, 0.4) is 0 Å². The van der Waals surface area contributed by atoms with Crippen molar-refractivity contribution in [2.24, 2.45) is 7.05 Å². The van der Waals surface area contributed by atoms with Crippen LogP contribution < -0.4 is 10.1 Å². The van der Waals surface area contributed by atoms with E-state index in [-0.39, 0.29) is 33.9 Å². The molecule has 0 spiro atoms. The van der Waals surface area contributed by atoms with Gasteiger partial charge >= 0.3 is 12.1 Å². The molecule has 3 aromatic rings. The van der Waals surface area contributed by atoms with E-state index in [1.165, 1.54) is 37.9 Å². The van der Waals surface area contributed by atoms with E-state index in [4.69, 9.17) is 4.74 Å². The van der Waals surface area contributed by atoms with Crippen molar-refractivity contribution in [1.29, 1.82) is 0 Å². The van der Waals surface area contributed by atoms with Gasteiger partial charge in [0.2, 0.25) is 5.88 Å². The summed E-state index contributed by atoms with van der Waals surface area (Å²) in [5, 5.41) is 6.30. The Balaban J connectivity index is 1.82. The number of ether oxygens (including phenoxy) is 2. The van der Waals surface area contributed by atoms with Gasteiger partial charge in [-0.3, -0.25) is 9.48 Å². The second-order valence-corrected chi connectivity index (χ2v) is 6.29. The van der Waals surface area contributed by atoms with Gasteiger partial charge in [0.15, 0.2) is 12.3 Å². The molecule has 3 rings (SSSR count). The number of alkyl halides is 3. The van der Waals surface area contributed by atoms with Gasteiger partial charge in [-0.2, -0.15) is 23.3 Å². The van der Waals surface area contributed by atoms with E-state index in [9.17, 15) is 22.8 Å². The molecule has 30 heavy (non-hydrogen) atoms. The zero-order chi connectivity index (χ0) is 22.1. The van der Waals surface area contributed by atoms with E-state index in [0.717, 1.165) is 6.07 Å². The molecule has 0 fully saturated rings. The molecule has 2 heterocycles. The lowest BCUT2D eigenvalue weighted by Crippen LogP contribution is -2.22. The standard InChI is InChI=1S/C19H17F3N4O4/c1-10-16-12(19(20,21)22)8-15(24-17(16)26(2)25-10)30-9-14(27)23-13-7-5-4-6-11(13)18(28)29-3/h4-8H,9H2,1-3H3,(H,23,27). The number of pyridine rings is 1. The maximum absolute atomic E-state index is 13.5. The van der Waals surface area contributed by atoms with Crippen LogP contribution in [-0.4, -0.2) is 40.4 Å². The number of fused-ring (bicyclic) bond motifs is 1. The number of para-hydroxylation sites is 1. The van der Waals surface area contributed by atoms with E-state index in [0.29, 0.717) is 0 Å². The molecule has 1 N–H and O–H groups in total. The van der Waals surface area contributed by atoms with Gasteiger partial charge in [-0.25, -0.2) is 4.79 Å². The van der Waals surface area contributed by atoms with E-state index in [2.05, 4.69) is 20.1 Å². The fourth-order valence-electron chi connectivity index (χ4n) is 2.93. The Morgan fingerprint density at radius 1 is 1.23 bits per heavy atom. The average Bonchev–Trinajstić information content (AvgIpc) is 2.98. The lowest BCUT2D eigenvalue weighted by Gasteiger charge is -2.12. The van der Waals surface area contributed by atoms with Crippen molar-refractivity contribution in [3.05, 3.63) is 47.2 Å². The zero-order valence-corrected chi connectivity index (χ0v) is 16.2. The number of anilines is 1. The molecule has 1 amide bonds. The predicted molar refractivity (Wildman–Crippen MR) is 100 cm³/mol. The molecule has 0 atom stereocenters. The highest BCUT2D eigenvalue weighted by Crippen LogP contribution is 2.37. The summed E-state index contributed by atoms with van der Waals surface area (Å²) >= 11 is 0. The van der Waals surface area contributed by atoms with Crippen molar-refractivity contribution in [1.82, 2.24) is 14.8 Å². The van der Waals surface area contributed by atoms with Crippen LogP contribution in [0.1, 0.15) is 21.6 Å². The summed E-state index contributed by atoms with van der Waals surface area (Å²) in [6.07, 6.45) is -4.66. The van der Waals surface area contributed by atoms with Gasteiger partial charge in [0.25, 0.3) is 5.91 Å². The molecule has 8 nitrogen and oxygen atoms in total. The molecule has 1 aromatic carbocycles. The second-order valence-electron chi connectivity index (χ2n) is 6.29. The number of hydrogen-bond acceptors (Lipinski definition) is 6. The summed E-state index contributed by atoms with van der Waals surface area (Å²) in [6.45, 7) is 0.828. The number of aryl methyl sites for hydroxylation is 2. The molecule has 0 saturated heterocycles. The number of carbonyl (C=O) groups excluding carboxylic acids is 2. The maximum Gasteiger partial charge on any atom is 0.417 e. The van der Waals surface area contributed by atoms with Crippen LogP contribution in [-0.2, 0) is 22.8 Å². The minimum atomic E-state index is -4.66. The number of benzene rings is 1. The monoisotopic (exact) mass is 422 g/mol. The molecule has 0 aliphatic rings. The second kappa shape index (κ2) is 8.01. The van der Waals surface area contributed by atoms with Crippen molar-refractivity contribution < 1.29 is 32.2 Å². The Morgan fingerprint density at radius 3 is 2.60 bits per heavy atom. The fourth-order valence-corrected chi connectivity index (χ4v) is 2.93. The van der Waals surface area contributed by atoms with Gasteiger partial charge in [0.05, 0.1) is 35.0 Å². The number of carbonyl (C=O) groups is 2. The van der Waals surface area contributed by atoms with Gasteiger partial charge in [-0.1, -0.05) is 12.1 Å². The van der Waals surface area contributed by atoms with E-state index >= 15 is 0 Å². The van der Waals surface area contributed by atoms with E-state index in [1.54, 1.807) is 12.1 Å². The van der Waals surface area contributed by atoms with Crippen molar-refractivity contribution >= 4 is 28.6 Å². The van der Waals surface area contributed by atoms with Crippen LogP contribution in [0.4, 0.5) is 18.9 Å². The van der Waals surface area contributed by atoms with Crippen LogP contribution in [0.2, 0.25) is 0 Å². The Hall–Kier alpha value is -3.63. The first-order valence-electron chi connectivity index (χ1n) is 8.63. The zero-order valence-electron chi connectivity index (χ0n) is 16.2. The van der Waals surface area contributed by atoms with Crippen LogP contribution in [0, 0.1) is 6.92 Å². The summed E-state index contributed by atoms with van der Waals surface area (Å²) in [5.74, 6) is -1.72. The third-order valence-electron chi connectivity index (χ3n) is 4.21. The molecule has 2 aromatic heterocycles. The largest absolute Gasteiger partial charge is 0.467 e. The molecule has 0 saturated carbocycles. The van der Waals surface area contributed by atoms with Gasteiger partial charge in [0, 0.05) is 13.1 Å². The molecular weight excluding hydrogens is 405 g/mol. The predicted octanol–water partition coefficient (Wildman–Crippen LogP) is 3.10. The molecule has 11 heteroatoms. The van der Waals surface area contributed by atoms with Crippen molar-refractivity contribution in [3.63, 3.8) is 0 Å². The highest BCUT2D eigenvalue weighted by Gasteiger charge is 2.35. The third-order valence-corrected chi connectivity index (χ3v) is 4.21. The lowest BCUT2D eigenvalue weighted by molar-refractivity contribution is -0.136. The average molecular weight is 422 g/mol. The first-order chi connectivity index (χ1) is 14.1. The van der Waals surface area contributed by atoms with Gasteiger partial charge in [-0.15, -0.1) is 0 Å². The fraction of sp³-hybridized carbons (Fsp3) is 0.263. The Kier molecular flexibility index (Phi) is 5.63. The normalized spacial score (nSPS) is 11.4. The van der Waals surface area contributed by atoms with Crippen LogP contribution >= 0.6 is 0 Å². The molecule has 0 unspecified atom stereocenters.